The number of aromatic amines is 2. The smallest absolute Gasteiger partial charge is 0.124 e. The standard InChI is InChI=1S/C30H35N5/c1-29(2,3)17-26-32-22-13-11-20(15-24(22)33-26)18-7-9-19(10-8-18)21-12-14-23-25(16-21)35-28(34-23)27(31)30(4,5)6/h7-16,27H,17,31H2,1-6H3,(H,32,33)(H,34,35)/t27-/m1/s1. The molecule has 1 atom stereocenters. The summed E-state index contributed by atoms with van der Waals surface area (Å²) in [5.41, 5.74) is 15.3. The quantitative estimate of drug-likeness (QED) is 0.258. The zero-order chi connectivity index (χ0) is 25.0. The van der Waals surface area contributed by atoms with Gasteiger partial charge < -0.3 is 15.7 Å². The lowest BCUT2D eigenvalue weighted by Crippen LogP contribution is -2.27. The number of rotatable bonds is 4. The largest absolute Gasteiger partial charge is 0.342 e. The molecule has 180 valence electrons. The molecule has 0 saturated heterocycles. The van der Waals surface area contributed by atoms with Crippen LogP contribution in [0, 0.1) is 10.8 Å². The van der Waals surface area contributed by atoms with Gasteiger partial charge in [-0.05, 0) is 57.3 Å². The third-order valence-corrected chi connectivity index (χ3v) is 6.51. The van der Waals surface area contributed by atoms with Crippen molar-refractivity contribution in [3.63, 3.8) is 0 Å². The van der Waals surface area contributed by atoms with E-state index in [0.29, 0.717) is 0 Å². The number of hydrogen-bond donors (Lipinski definition) is 3. The van der Waals surface area contributed by atoms with E-state index in [2.05, 4.69) is 112 Å². The Morgan fingerprint density at radius 1 is 0.686 bits per heavy atom. The van der Waals surface area contributed by atoms with Gasteiger partial charge in [-0.25, -0.2) is 9.97 Å². The summed E-state index contributed by atoms with van der Waals surface area (Å²) in [4.78, 5) is 16.4. The molecule has 0 saturated carbocycles. The van der Waals surface area contributed by atoms with Crippen molar-refractivity contribution in [2.75, 3.05) is 0 Å². The molecular formula is C30H35N5. The molecule has 0 unspecified atom stereocenters. The van der Waals surface area contributed by atoms with E-state index in [4.69, 9.17) is 15.7 Å². The zero-order valence-corrected chi connectivity index (χ0v) is 21.5. The van der Waals surface area contributed by atoms with Crippen LogP contribution in [0.3, 0.4) is 0 Å². The minimum absolute atomic E-state index is 0.0557. The van der Waals surface area contributed by atoms with E-state index < -0.39 is 0 Å². The van der Waals surface area contributed by atoms with Gasteiger partial charge in [-0.2, -0.15) is 0 Å². The maximum Gasteiger partial charge on any atom is 0.124 e. The summed E-state index contributed by atoms with van der Waals surface area (Å²) in [6.45, 7) is 13.1. The molecule has 0 aliphatic rings. The summed E-state index contributed by atoms with van der Waals surface area (Å²) in [5.74, 6) is 1.88. The average molecular weight is 466 g/mol. The van der Waals surface area contributed by atoms with E-state index in [9.17, 15) is 0 Å². The SMILES string of the molecule is CC(C)(C)Cc1nc2ccc(-c3ccc(-c4ccc5nc([C@@H](N)C(C)(C)C)[nH]c5c4)cc3)cc2[nH]1. The van der Waals surface area contributed by atoms with Crippen LogP contribution in [0.4, 0.5) is 0 Å². The van der Waals surface area contributed by atoms with E-state index in [1.165, 1.54) is 16.7 Å². The maximum absolute atomic E-state index is 6.42. The molecule has 0 amide bonds. The Balaban J connectivity index is 1.40. The van der Waals surface area contributed by atoms with Gasteiger partial charge in [-0.15, -0.1) is 0 Å². The fraction of sp³-hybridized carbons (Fsp3) is 0.333. The first-order chi connectivity index (χ1) is 16.5. The highest BCUT2D eigenvalue weighted by atomic mass is 15.0. The van der Waals surface area contributed by atoms with Crippen LogP contribution in [0.15, 0.2) is 60.7 Å². The molecule has 2 aromatic heterocycles. The highest BCUT2D eigenvalue weighted by Gasteiger charge is 2.25. The predicted molar refractivity (Wildman–Crippen MR) is 146 cm³/mol. The topological polar surface area (TPSA) is 83.4 Å². The first-order valence-corrected chi connectivity index (χ1v) is 12.3. The number of nitrogens with one attached hydrogen (secondary N) is 2. The molecule has 5 heteroatoms. The van der Waals surface area contributed by atoms with Crippen molar-refractivity contribution in [2.24, 2.45) is 16.6 Å². The minimum atomic E-state index is -0.144. The fourth-order valence-electron chi connectivity index (χ4n) is 4.45. The van der Waals surface area contributed by atoms with Crippen LogP contribution in [0.5, 0.6) is 0 Å². The van der Waals surface area contributed by atoms with E-state index in [0.717, 1.165) is 45.7 Å². The molecular weight excluding hydrogens is 430 g/mol. The number of nitrogens with two attached hydrogens (primary N) is 1. The monoisotopic (exact) mass is 465 g/mol. The number of benzene rings is 3. The molecule has 2 heterocycles. The second-order valence-electron chi connectivity index (χ2n) is 11.9. The Labute approximate surface area is 207 Å². The zero-order valence-electron chi connectivity index (χ0n) is 21.5. The van der Waals surface area contributed by atoms with E-state index in [1.54, 1.807) is 0 Å². The van der Waals surface area contributed by atoms with Crippen LogP contribution in [0.1, 0.15) is 59.2 Å². The van der Waals surface area contributed by atoms with Crippen LogP contribution < -0.4 is 5.73 Å². The normalized spacial score (nSPS) is 13.6. The van der Waals surface area contributed by atoms with Crippen molar-refractivity contribution in [3.05, 3.63) is 72.3 Å². The van der Waals surface area contributed by atoms with Gasteiger partial charge in [0.15, 0.2) is 0 Å². The van der Waals surface area contributed by atoms with Crippen molar-refractivity contribution in [2.45, 2.75) is 54.0 Å². The molecule has 3 aromatic carbocycles. The Hall–Kier alpha value is -3.44. The average Bonchev–Trinajstić information content (AvgIpc) is 3.38. The Morgan fingerprint density at radius 2 is 1.17 bits per heavy atom. The van der Waals surface area contributed by atoms with Crippen molar-refractivity contribution in [1.29, 1.82) is 0 Å². The molecule has 0 aliphatic heterocycles. The van der Waals surface area contributed by atoms with E-state index >= 15 is 0 Å². The first kappa shape index (κ1) is 23.3. The summed E-state index contributed by atoms with van der Waals surface area (Å²) >= 11 is 0. The first-order valence-electron chi connectivity index (χ1n) is 12.3. The lowest BCUT2D eigenvalue weighted by Gasteiger charge is -2.24. The summed E-state index contributed by atoms with van der Waals surface area (Å²) in [7, 11) is 0. The highest BCUT2D eigenvalue weighted by Crippen LogP contribution is 2.32. The van der Waals surface area contributed by atoms with Gasteiger partial charge in [0.1, 0.15) is 11.6 Å². The fourth-order valence-corrected chi connectivity index (χ4v) is 4.45. The minimum Gasteiger partial charge on any atom is -0.342 e. The number of hydrogen-bond acceptors (Lipinski definition) is 3. The molecule has 5 nitrogen and oxygen atoms in total. The summed E-state index contributed by atoms with van der Waals surface area (Å²) in [6.07, 6.45) is 0.927. The summed E-state index contributed by atoms with van der Waals surface area (Å²) < 4.78 is 0. The third-order valence-electron chi connectivity index (χ3n) is 6.51. The predicted octanol–water partition coefficient (Wildman–Crippen LogP) is 7.41. The summed E-state index contributed by atoms with van der Waals surface area (Å²) in [5, 5.41) is 0. The Morgan fingerprint density at radius 3 is 1.69 bits per heavy atom. The number of fused-ring (bicyclic) bond motifs is 2. The Kier molecular flexibility index (Phi) is 5.56. The van der Waals surface area contributed by atoms with Gasteiger partial charge in [0.2, 0.25) is 0 Å². The second-order valence-corrected chi connectivity index (χ2v) is 11.9. The number of nitrogens with zero attached hydrogens (tertiary/aromatic N) is 2. The number of H-pyrrole nitrogens is 2. The van der Waals surface area contributed by atoms with Gasteiger partial charge in [-0.1, -0.05) is 77.9 Å². The molecule has 35 heavy (non-hydrogen) atoms. The van der Waals surface area contributed by atoms with Crippen molar-refractivity contribution < 1.29 is 0 Å². The van der Waals surface area contributed by atoms with Gasteiger partial charge in [0, 0.05) is 6.42 Å². The molecule has 5 rings (SSSR count). The lowest BCUT2D eigenvalue weighted by molar-refractivity contribution is 0.317. The maximum atomic E-state index is 6.42. The molecule has 0 radical (unpaired) electrons. The van der Waals surface area contributed by atoms with E-state index in [1.807, 2.05) is 0 Å². The molecule has 0 spiro atoms. The molecule has 4 N–H and O–H groups in total. The third kappa shape index (κ3) is 4.87. The van der Waals surface area contributed by atoms with Crippen LogP contribution >= 0.6 is 0 Å². The van der Waals surface area contributed by atoms with Crippen molar-refractivity contribution >= 4 is 22.1 Å². The lowest BCUT2D eigenvalue weighted by atomic mass is 9.87. The van der Waals surface area contributed by atoms with E-state index in [-0.39, 0.29) is 16.9 Å². The highest BCUT2D eigenvalue weighted by molar-refractivity contribution is 5.84. The van der Waals surface area contributed by atoms with Gasteiger partial charge in [-0.3, -0.25) is 0 Å². The van der Waals surface area contributed by atoms with Crippen LogP contribution in [-0.2, 0) is 6.42 Å². The van der Waals surface area contributed by atoms with Crippen LogP contribution in [0.25, 0.3) is 44.3 Å². The molecule has 5 aromatic rings. The van der Waals surface area contributed by atoms with Crippen LogP contribution in [0.2, 0.25) is 0 Å². The van der Waals surface area contributed by atoms with Crippen molar-refractivity contribution in [3.8, 4) is 22.3 Å². The summed E-state index contributed by atoms with van der Waals surface area (Å²) in [6, 6.07) is 21.4. The molecule has 0 bridgehead atoms. The Bertz CT molecular complexity index is 1490. The number of aromatic nitrogens is 4. The van der Waals surface area contributed by atoms with Gasteiger partial charge in [0.25, 0.3) is 0 Å². The molecule has 0 aliphatic carbocycles. The molecule has 0 fully saturated rings. The van der Waals surface area contributed by atoms with Crippen LogP contribution in [-0.4, -0.2) is 19.9 Å². The van der Waals surface area contributed by atoms with Crippen molar-refractivity contribution in [1.82, 2.24) is 19.9 Å². The van der Waals surface area contributed by atoms with Gasteiger partial charge >= 0.3 is 0 Å². The second kappa shape index (κ2) is 8.35. The number of imidazole rings is 2. The van der Waals surface area contributed by atoms with Gasteiger partial charge in [0.05, 0.1) is 28.1 Å².